The molecule has 0 radical (unpaired) electrons. The van der Waals surface area contributed by atoms with Gasteiger partial charge in [0.25, 0.3) is 15.7 Å². The van der Waals surface area contributed by atoms with Gasteiger partial charge in [0.05, 0.1) is 46.2 Å². The number of nitrogens with zero attached hydrogens (tertiary/aromatic N) is 7. The minimum Gasteiger partial charge on any atom is -0.368 e. The van der Waals surface area contributed by atoms with Crippen molar-refractivity contribution in [1.29, 1.82) is 5.26 Å². The van der Waals surface area contributed by atoms with Crippen molar-refractivity contribution < 1.29 is 13.3 Å². The lowest BCUT2D eigenvalue weighted by atomic mass is 10.1. The quantitative estimate of drug-likeness (QED) is 0.210. The molecule has 1 aromatic carbocycles. The molecule has 3 aromatic heterocycles. The molecule has 0 bridgehead atoms. The van der Waals surface area contributed by atoms with Gasteiger partial charge in [0.15, 0.2) is 0 Å². The lowest BCUT2D eigenvalue weighted by Gasteiger charge is -2.24. The first-order valence-corrected chi connectivity index (χ1v) is 12.3. The number of sulfonamides is 1. The fraction of sp³-hybridized carbons (Fsp3) is 0.125. The van der Waals surface area contributed by atoms with Crippen LogP contribution in [0.1, 0.15) is 23.7 Å². The Morgan fingerprint density at radius 3 is 2.73 bits per heavy atom. The van der Waals surface area contributed by atoms with Crippen molar-refractivity contribution in [3.63, 3.8) is 0 Å². The number of nitrogens with two attached hydrogens (primary N) is 1. The standard InChI is InChI=1S/C24H22N8O4S/c1-17(21-14-28-30-10-8-18(13-25)11-23(21)30)15-31(26)37(35,36)24-12-20(32(33)34)6-7-22(24)29(2)16-19-5-3-4-9-27-19/h3-12,14-15H,16,26H2,1-2H3. The van der Waals surface area contributed by atoms with Crippen LogP contribution in [0.25, 0.3) is 11.1 Å². The zero-order valence-electron chi connectivity index (χ0n) is 19.9. The molecule has 0 aliphatic carbocycles. The average Bonchev–Trinajstić information content (AvgIpc) is 3.32. The number of hydrogen-bond donors (Lipinski definition) is 1. The van der Waals surface area contributed by atoms with Crippen molar-refractivity contribution in [2.24, 2.45) is 5.84 Å². The zero-order chi connectivity index (χ0) is 26.7. The Morgan fingerprint density at radius 1 is 1.27 bits per heavy atom. The summed E-state index contributed by atoms with van der Waals surface area (Å²) in [6.07, 6.45) is 5.97. The van der Waals surface area contributed by atoms with Crippen LogP contribution in [0.4, 0.5) is 11.4 Å². The summed E-state index contributed by atoms with van der Waals surface area (Å²) >= 11 is 0. The fourth-order valence-electron chi connectivity index (χ4n) is 3.76. The average molecular weight is 519 g/mol. The number of nitro groups is 1. The molecule has 4 aromatic rings. The molecule has 0 spiro atoms. The Balaban J connectivity index is 1.74. The maximum absolute atomic E-state index is 13.6. The lowest BCUT2D eigenvalue weighted by molar-refractivity contribution is -0.385. The van der Waals surface area contributed by atoms with Gasteiger partial charge in [0, 0.05) is 43.3 Å². The Morgan fingerprint density at radius 2 is 2.05 bits per heavy atom. The van der Waals surface area contributed by atoms with Crippen LogP contribution in [0.3, 0.4) is 0 Å². The third-order valence-electron chi connectivity index (χ3n) is 5.64. The predicted octanol–water partition coefficient (Wildman–Crippen LogP) is 3.07. The number of non-ortho nitro benzene ring substituents is 1. The highest BCUT2D eigenvalue weighted by molar-refractivity contribution is 7.89. The van der Waals surface area contributed by atoms with E-state index in [1.54, 1.807) is 66.1 Å². The third kappa shape index (κ3) is 5.10. The molecule has 0 aliphatic heterocycles. The zero-order valence-corrected chi connectivity index (χ0v) is 20.7. The smallest absolute Gasteiger partial charge is 0.279 e. The minimum atomic E-state index is -4.43. The van der Waals surface area contributed by atoms with E-state index in [4.69, 9.17) is 5.84 Å². The largest absolute Gasteiger partial charge is 0.368 e. The van der Waals surface area contributed by atoms with Crippen LogP contribution in [-0.4, -0.2) is 39.4 Å². The molecular weight excluding hydrogens is 496 g/mol. The summed E-state index contributed by atoms with van der Waals surface area (Å²) < 4.78 is 29.2. The summed E-state index contributed by atoms with van der Waals surface area (Å²) in [7, 11) is -2.77. The molecule has 0 amide bonds. The minimum absolute atomic E-state index is 0.215. The summed E-state index contributed by atoms with van der Waals surface area (Å²) in [6, 6.07) is 14.2. The highest BCUT2D eigenvalue weighted by Gasteiger charge is 2.28. The Bertz CT molecular complexity index is 1660. The summed E-state index contributed by atoms with van der Waals surface area (Å²) in [6.45, 7) is 1.90. The Hall–Kier alpha value is -4.80. The molecule has 2 N–H and O–H groups in total. The van der Waals surface area contributed by atoms with Gasteiger partial charge in [-0.2, -0.15) is 18.8 Å². The molecule has 0 atom stereocenters. The molecule has 3 heterocycles. The van der Waals surface area contributed by atoms with E-state index in [1.807, 2.05) is 0 Å². The molecule has 0 fully saturated rings. The van der Waals surface area contributed by atoms with Crippen LogP contribution >= 0.6 is 0 Å². The number of benzene rings is 1. The molecule has 188 valence electrons. The molecular formula is C24H22N8O4S. The van der Waals surface area contributed by atoms with Gasteiger partial charge in [-0.1, -0.05) is 6.07 Å². The van der Waals surface area contributed by atoms with Crippen molar-refractivity contribution >= 4 is 32.5 Å². The first kappa shape index (κ1) is 25.3. The number of anilines is 1. The molecule has 0 saturated carbocycles. The van der Waals surface area contributed by atoms with Gasteiger partial charge in [-0.15, -0.1) is 0 Å². The van der Waals surface area contributed by atoms with Crippen LogP contribution in [-0.2, 0) is 16.6 Å². The number of fused-ring (bicyclic) bond motifs is 1. The van der Waals surface area contributed by atoms with Gasteiger partial charge in [0.2, 0.25) is 0 Å². The number of hydrogen-bond acceptors (Lipinski definition) is 9. The third-order valence-corrected chi connectivity index (χ3v) is 7.19. The number of allylic oxidation sites excluding steroid dienone is 1. The van der Waals surface area contributed by atoms with Gasteiger partial charge >= 0.3 is 0 Å². The van der Waals surface area contributed by atoms with Gasteiger partial charge < -0.3 is 4.90 Å². The number of hydrazine groups is 1. The van der Waals surface area contributed by atoms with Gasteiger partial charge in [0.1, 0.15) is 4.90 Å². The summed E-state index contributed by atoms with van der Waals surface area (Å²) in [5.41, 5.74) is 2.51. The van der Waals surface area contributed by atoms with E-state index in [2.05, 4.69) is 16.2 Å². The second-order valence-corrected chi connectivity index (χ2v) is 9.96. The molecule has 37 heavy (non-hydrogen) atoms. The van der Waals surface area contributed by atoms with E-state index in [9.17, 15) is 23.8 Å². The first-order valence-electron chi connectivity index (χ1n) is 10.9. The number of nitro benzene ring substituents is 1. The van der Waals surface area contributed by atoms with Crippen LogP contribution < -0.4 is 10.7 Å². The van der Waals surface area contributed by atoms with E-state index in [-0.39, 0.29) is 17.1 Å². The molecule has 4 rings (SSSR count). The first-order chi connectivity index (χ1) is 17.6. The fourth-order valence-corrected chi connectivity index (χ4v) is 5.04. The maximum Gasteiger partial charge on any atom is 0.279 e. The Kier molecular flexibility index (Phi) is 6.87. The normalized spacial score (nSPS) is 11.8. The van der Waals surface area contributed by atoms with Crippen molar-refractivity contribution in [2.45, 2.75) is 18.4 Å². The van der Waals surface area contributed by atoms with E-state index in [1.165, 1.54) is 24.5 Å². The van der Waals surface area contributed by atoms with Gasteiger partial charge in [-0.25, -0.2) is 14.8 Å². The summed E-state index contributed by atoms with van der Waals surface area (Å²) in [4.78, 5) is 16.3. The van der Waals surface area contributed by atoms with Crippen molar-refractivity contribution in [3.05, 3.63) is 100 Å². The molecule has 0 aliphatic rings. The number of aromatic nitrogens is 3. The van der Waals surface area contributed by atoms with E-state index >= 15 is 0 Å². The van der Waals surface area contributed by atoms with Crippen LogP contribution in [0, 0.1) is 21.4 Å². The lowest BCUT2D eigenvalue weighted by Crippen LogP contribution is -2.34. The Labute approximate surface area is 212 Å². The van der Waals surface area contributed by atoms with Crippen molar-refractivity contribution in [3.8, 4) is 6.07 Å². The van der Waals surface area contributed by atoms with Crippen LogP contribution in [0.5, 0.6) is 0 Å². The monoisotopic (exact) mass is 518 g/mol. The van der Waals surface area contributed by atoms with E-state index < -0.39 is 20.6 Å². The molecule has 12 nitrogen and oxygen atoms in total. The second kappa shape index (κ2) is 10.1. The summed E-state index contributed by atoms with van der Waals surface area (Å²) in [5.74, 6) is 6.03. The highest BCUT2D eigenvalue weighted by Crippen LogP contribution is 2.32. The van der Waals surface area contributed by atoms with Crippen LogP contribution in [0.2, 0.25) is 0 Å². The van der Waals surface area contributed by atoms with E-state index in [0.29, 0.717) is 32.3 Å². The highest BCUT2D eigenvalue weighted by atomic mass is 32.2. The second-order valence-electron chi connectivity index (χ2n) is 8.15. The number of rotatable bonds is 8. The van der Waals surface area contributed by atoms with Gasteiger partial charge in [-0.05, 0) is 42.8 Å². The molecule has 0 unspecified atom stereocenters. The van der Waals surface area contributed by atoms with E-state index in [0.717, 1.165) is 6.07 Å². The molecule has 0 saturated heterocycles. The summed E-state index contributed by atoms with van der Waals surface area (Å²) in [5, 5.41) is 24.9. The molecule has 13 heteroatoms. The number of pyridine rings is 2. The van der Waals surface area contributed by atoms with Crippen LogP contribution in [0.15, 0.2) is 78.2 Å². The van der Waals surface area contributed by atoms with Crippen molar-refractivity contribution in [2.75, 3.05) is 11.9 Å². The van der Waals surface area contributed by atoms with Gasteiger partial charge in [-0.3, -0.25) is 15.1 Å². The SMILES string of the molecule is CC(=CN(N)S(=O)(=O)c1cc([N+](=O)[O-])ccc1N(C)Cc1ccccn1)c1cnn2ccc(C#N)cc12. The number of nitriles is 1. The predicted molar refractivity (Wildman–Crippen MR) is 136 cm³/mol. The topological polar surface area (TPSA) is 164 Å². The maximum atomic E-state index is 13.6. The van der Waals surface area contributed by atoms with Crippen molar-refractivity contribution in [1.82, 2.24) is 19.0 Å².